The molecule has 0 atom stereocenters. The second-order valence-electron chi connectivity index (χ2n) is 4.02. The molecule has 0 amide bonds. The van der Waals surface area contributed by atoms with E-state index in [2.05, 4.69) is 4.98 Å². The predicted molar refractivity (Wildman–Crippen MR) is 69.1 cm³/mol. The highest BCUT2D eigenvalue weighted by Gasteiger charge is 2.08. The second kappa shape index (κ2) is 6.24. The van der Waals surface area contributed by atoms with Crippen LogP contribution in [0.15, 0.2) is 24.3 Å². The summed E-state index contributed by atoms with van der Waals surface area (Å²) < 4.78 is 23.9. The topological polar surface area (TPSA) is 48.4 Å². The first-order chi connectivity index (χ1) is 9.24. The Hall–Kier alpha value is -2.01. The summed E-state index contributed by atoms with van der Waals surface area (Å²) in [6.07, 6.45) is 1.35. The zero-order chi connectivity index (χ0) is 13.7. The van der Waals surface area contributed by atoms with E-state index in [4.69, 9.17) is 9.47 Å². The fourth-order valence-corrected chi connectivity index (χ4v) is 1.74. The molecule has 2 aromatic rings. The minimum atomic E-state index is -0.394. The van der Waals surface area contributed by atoms with Crippen LogP contribution in [-0.2, 0) is 4.74 Å². The van der Waals surface area contributed by atoms with E-state index in [-0.39, 0.29) is 0 Å². The van der Waals surface area contributed by atoms with Gasteiger partial charge in [-0.3, -0.25) is 4.79 Å². The van der Waals surface area contributed by atoms with Crippen molar-refractivity contribution in [3.63, 3.8) is 0 Å². The Kier molecular flexibility index (Phi) is 4.41. The fraction of sp³-hybridized carbons (Fsp3) is 0.286. The molecule has 1 aromatic heterocycles. The molecule has 100 valence electrons. The summed E-state index contributed by atoms with van der Waals surface area (Å²) in [5.74, 6) is -0.0512. The van der Waals surface area contributed by atoms with Gasteiger partial charge in [0.05, 0.1) is 6.61 Å². The summed E-state index contributed by atoms with van der Waals surface area (Å²) >= 11 is 0. The van der Waals surface area contributed by atoms with Gasteiger partial charge < -0.3 is 9.47 Å². The Morgan fingerprint density at radius 2 is 2.16 bits per heavy atom. The highest BCUT2D eigenvalue weighted by atomic mass is 19.1. The molecule has 5 heteroatoms. The normalized spacial score (nSPS) is 10.6. The minimum absolute atomic E-state index is 0.292. The predicted octanol–water partition coefficient (Wildman–Crippen LogP) is 2.60. The van der Waals surface area contributed by atoms with Crippen LogP contribution in [0.3, 0.4) is 0 Å². The molecule has 0 saturated carbocycles. The van der Waals surface area contributed by atoms with Crippen molar-refractivity contribution in [3.05, 3.63) is 35.8 Å². The Bertz CT molecular complexity index is 586. The van der Waals surface area contributed by atoms with Gasteiger partial charge in [-0.05, 0) is 12.1 Å². The molecule has 0 aliphatic carbocycles. The van der Waals surface area contributed by atoms with Gasteiger partial charge in [0.25, 0.3) is 0 Å². The average Bonchev–Trinajstić information content (AvgIpc) is 2.43. The molecule has 19 heavy (non-hydrogen) atoms. The van der Waals surface area contributed by atoms with Gasteiger partial charge >= 0.3 is 0 Å². The van der Waals surface area contributed by atoms with E-state index in [1.165, 1.54) is 12.1 Å². The first-order valence-corrected chi connectivity index (χ1v) is 5.92. The van der Waals surface area contributed by atoms with Crippen LogP contribution in [0.4, 0.5) is 4.39 Å². The smallest absolute Gasteiger partial charge is 0.168 e. The van der Waals surface area contributed by atoms with E-state index in [1.807, 2.05) is 0 Å². The van der Waals surface area contributed by atoms with E-state index in [1.54, 1.807) is 19.2 Å². The van der Waals surface area contributed by atoms with Crippen LogP contribution in [0, 0.1) is 5.82 Å². The standard InChI is InChI=1S/C14H14FNO3/c1-18-5-2-6-19-13-8-11(15)7-10-3-4-12(9-17)16-14(10)13/h3-4,7-9H,2,5-6H2,1H3. The van der Waals surface area contributed by atoms with Crippen molar-refractivity contribution in [1.82, 2.24) is 4.98 Å². The van der Waals surface area contributed by atoms with Crippen molar-refractivity contribution >= 4 is 17.2 Å². The van der Waals surface area contributed by atoms with Gasteiger partial charge in [-0.25, -0.2) is 9.37 Å². The second-order valence-corrected chi connectivity index (χ2v) is 4.02. The third kappa shape index (κ3) is 3.26. The highest BCUT2D eigenvalue weighted by Crippen LogP contribution is 2.25. The number of hydrogen-bond acceptors (Lipinski definition) is 4. The molecule has 2 rings (SSSR count). The van der Waals surface area contributed by atoms with Gasteiger partial charge in [0, 0.05) is 31.6 Å². The van der Waals surface area contributed by atoms with Gasteiger partial charge in [0.15, 0.2) is 6.29 Å². The fourth-order valence-electron chi connectivity index (χ4n) is 1.74. The number of nitrogens with zero attached hydrogens (tertiary/aromatic N) is 1. The van der Waals surface area contributed by atoms with Crippen LogP contribution in [0.25, 0.3) is 10.9 Å². The molecule has 0 spiro atoms. The van der Waals surface area contributed by atoms with E-state index in [0.29, 0.717) is 48.3 Å². The van der Waals surface area contributed by atoms with Crippen LogP contribution in [0.5, 0.6) is 5.75 Å². The first kappa shape index (κ1) is 13.4. The summed E-state index contributed by atoms with van der Waals surface area (Å²) in [4.78, 5) is 14.9. The Morgan fingerprint density at radius 3 is 2.89 bits per heavy atom. The van der Waals surface area contributed by atoms with Gasteiger partial charge in [-0.1, -0.05) is 6.07 Å². The lowest BCUT2D eigenvalue weighted by atomic mass is 10.2. The number of carbonyl (C=O) groups excluding carboxylic acids is 1. The summed E-state index contributed by atoms with van der Waals surface area (Å²) in [5, 5.41) is 0.604. The van der Waals surface area contributed by atoms with Crippen molar-refractivity contribution in [2.24, 2.45) is 0 Å². The molecule has 0 unspecified atom stereocenters. The largest absolute Gasteiger partial charge is 0.491 e. The summed E-state index contributed by atoms with van der Waals surface area (Å²) in [5.41, 5.74) is 0.782. The van der Waals surface area contributed by atoms with Crippen molar-refractivity contribution in [3.8, 4) is 5.75 Å². The van der Waals surface area contributed by atoms with Gasteiger partial charge in [-0.2, -0.15) is 0 Å². The Morgan fingerprint density at radius 1 is 1.32 bits per heavy atom. The number of ether oxygens (including phenoxy) is 2. The zero-order valence-electron chi connectivity index (χ0n) is 10.6. The summed E-state index contributed by atoms with van der Waals surface area (Å²) in [7, 11) is 1.61. The molecule has 4 nitrogen and oxygen atoms in total. The number of rotatable bonds is 6. The lowest BCUT2D eigenvalue weighted by molar-refractivity contribution is 0.111. The molecule has 0 radical (unpaired) electrons. The minimum Gasteiger partial charge on any atom is -0.491 e. The van der Waals surface area contributed by atoms with Crippen LogP contribution in [0.2, 0.25) is 0 Å². The number of halogens is 1. The molecule has 0 aliphatic rings. The number of fused-ring (bicyclic) bond motifs is 1. The van der Waals surface area contributed by atoms with Gasteiger partial charge in [-0.15, -0.1) is 0 Å². The third-order valence-electron chi connectivity index (χ3n) is 2.61. The zero-order valence-corrected chi connectivity index (χ0v) is 10.6. The lowest BCUT2D eigenvalue weighted by Gasteiger charge is -2.09. The molecule has 0 fully saturated rings. The quantitative estimate of drug-likeness (QED) is 0.593. The lowest BCUT2D eigenvalue weighted by Crippen LogP contribution is -2.03. The van der Waals surface area contributed by atoms with Crippen molar-refractivity contribution in [1.29, 1.82) is 0 Å². The highest BCUT2D eigenvalue weighted by molar-refractivity contribution is 5.87. The molecular formula is C14H14FNO3. The van der Waals surface area contributed by atoms with E-state index in [0.717, 1.165) is 0 Å². The van der Waals surface area contributed by atoms with Crippen LogP contribution < -0.4 is 4.74 Å². The summed E-state index contributed by atoms with van der Waals surface area (Å²) in [6, 6.07) is 5.83. The maximum absolute atomic E-state index is 13.5. The van der Waals surface area contributed by atoms with E-state index < -0.39 is 5.82 Å². The number of hydrogen-bond donors (Lipinski definition) is 0. The third-order valence-corrected chi connectivity index (χ3v) is 2.61. The van der Waals surface area contributed by atoms with Crippen LogP contribution in [0.1, 0.15) is 16.9 Å². The number of pyridine rings is 1. The first-order valence-electron chi connectivity index (χ1n) is 5.92. The van der Waals surface area contributed by atoms with Crippen LogP contribution >= 0.6 is 0 Å². The Labute approximate surface area is 110 Å². The van der Waals surface area contributed by atoms with Gasteiger partial charge in [0.1, 0.15) is 22.8 Å². The average molecular weight is 263 g/mol. The number of aromatic nitrogens is 1. The maximum atomic E-state index is 13.5. The molecule has 0 bridgehead atoms. The molecule has 1 aromatic carbocycles. The molecule has 0 saturated heterocycles. The number of aldehydes is 1. The SMILES string of the molecule is COCCCOc1cc(F)cc2ccc(C=O)nc12. The van der Waals surface area contributed by atoms with Gasteiger partial charge in [0.2, 0.25) is 0 Å². The number of benzene rings is 1. The monoisotopic (exact) mass is 263 g/mol. The molecule has 1 heterocycles. The van der Waals surface area contributed by atoms with Crippen molar-refractivity contribution < 1.29 is 18.7 Å². The van der Waals surface area contributed by atoms with E-state index in [9.17, 15) is 9.18 Å². The number of carbonyl (C=O) groups is 1. The molecular weight excluding hydrogens is 249 g/mol. The number of methoxy groups -OCH3 is 1. The van der Waals surface area contributed by atoms with Crippen molar-refractivity contribution in [2.45, 2.75) is 6.42 Å². The maximum Gasteiger partial charge on any atom is 0.168 e. The van der Waals surface area contributed by atoms with Crippen molar-refractivity contribution in [2.75, 3.05) is 20.3 Å². The summed E-state index contributed by atoms with van der Waals surface area (Å²) in [6.45, 7) is 0.972. The molecule has 0 aliphatic heterocycles. The molecule has 0 N–H and O–H groups in total. The van der Waals surface area contributed by atoms with Crippen LogP contribution in [-0.4, -0.2) is 31.6 Å². The van der Waals surface area contributed by atoms with E-state index >= 15 is 0 Å². The Balaban J connectivity index is 2.31.